The lowest BCUT2D eigenvalue weighted by molar-refractivity contribution is -0.113. The summed E-state index contributed by atoms with van der Waals surface area (Å²) >= 11 is 0. The second-order valence-corrected chi connectivity index (χ2v) is 1.28. The van der Waals surface area contributed by atoms with Crippen molar-refractivity contribution in [2.75, 3.05) is 0 Å². The first-order chi connectivity index (χ1) is 4.55. The molecule has 0 saturated heterocycles. The highest BCUT2D eigenvalue weighted by atomic mass is 16.3. The van der Waals surface area contributed by atoms with Crippen molar-refractivity contribution in [1.82, 2.24) is 0 Å². The molecule has 0 aliphatic heterocycles. The van der Waals surface area contributed by atoms with Gasteiger partial charge in [-0.2, -0.15) is 0 Å². The summed E-state index contributed by atoms with van der Waals surface area (Å²) in [6, 6.07) is -1.39. The van der Waals surface area contributed by atoms with Crippen LogP contribution in [0.5, 0.6) is 0 Å². The zero-order chi connectivity index (χ0) is 7.89. The van der Waals surface area contributed by atoms with E-state index >= 15 is 0 Å². The Labute approximate surface area is 48.4 Å². The summed E-state index contributed by atoms with van der Waals surface area (Å²) in [6.07, 6.45) is 0. The molecule has 0 heterocycles. The van der Waals surface area contributed by atoms with Gasteiger partial charge in [0.05, 0.1) is 2.74 Å². The fourth-order valence-electron chi connectivity index (χ4n) is 0.367. The maximum Gasteiger partial charge on any atom is 0.223 e. The molecule has 0 aromatic rings. The summed E-state index contributed by atoms with van der Waals surface area (Å²) < 4.78 is 13.5. The van der Waals surface area contributed by atoms with E-state index in [1.165, 1.54) is 0 Å². The molecule has 1 aliphatic rings. The number of hydrogen-bond acceptors (Lipinski definition) is 3. The summed E-state index contributed by atoms with van der Waals surface area (Å²) in [5, 5.41) is 17.3. The van der Waals surface area contributed by atoms with Crippen LogP contribution in [0.25, 0.3) is 0 Å². The molecule has 0 unspecified atom stereocenters. The molecule has 3 nitrogen and oxygen atoms in total. The van der Waals surface area contributed by atoms with Gasteiger partial charge in [-0.25, -0.2) is 0 Å². The first-order valence-corrected chi connectivity index (χ1v) is 1.90. The second kappa shape index (κ2) is 1.36. The molecular formula is C5H4O3. The van der Waals surface area contributed by atoms with E-state index in [-0.39, 0.29) is 0 Å². The van der Waals surface area contributed by atoms with Crippen LogP contribution in [0.3, 0.4) is 0 Å². The predicted molar refractivity (Wildman–Crippen MR) is 26.4 cm³/mol. The van der Waals surface area contributed by atoms with Gasteiger partial charge in [0.2, 0.25) is 5.78 Å². The topological polar surface area (TPSA) is 57.5 Å². The molecule has 3 heteroatoms. The fraction of sp³-hybridized carbons (Fsp3) is 0. The molecule has 0 fully saturated rings. The van der Waals surface area contributed by atoms with Crippen molar-refractivity contribution in [2.45, 2.75) is 0 Å². The van der Waals surface area contributed by atoms with E-state index in [4.69, 9.17) is 13.0 Å². The molecule has 0 bridgehead atoms. The Morgan fingerprint density at radius 1 is 1.50 bits per heavy atom. The third-order valence-corrected chi connectivity index (χ3v) is 0.684. The quantitative estimate of drug-likeness (QED) is 0.480. The molecule has 2 N–H and O–H groups in total. The van der Waals surface area contributed by atoms with Crippen LogP contribution in [-0.2, 0) is 4.79 Å². The fourth-order valence-corrected chi connectivity index (χ4v) is 0.367. The summed E-state index contributed by atoms with van der Waals surface area (Å²) in [7, 11) is 0. The Morgan fingerprint density at radius 3 is 2.25 bits per heavy atom. The number of ketones is 1. The Morgan fingerprint density at radius 2 is 2.12 bits per heavy atom. The van der Waals surface area contributed by atoms with E-state index in [9.17, 15) is 4.79 Å². The molecular weight excluding hydrogens is 108 g/mol. The number of allylic oxidation sites excluding steroid dienone is 2. The van der Waals surface area contributed by atoms with Gasteiger partial charge in [0, 0.05) is 12.1 Å². The molecule has 0 atom stereocenters. The lowest BCUT2D eigenvalue weighted by Crippen LogP contribution is -1.90. The molecule has 8 heavy (non-hydrogen) atoms. The standard InChI is InChI=1S/C5H4O3/c6-3-1-4(7)5(8)2-3/h1-2,6H,(H,7,8)/i1D,2D. The maximum absolute atomic E-state index is 10.5. The zero-order valence-electron chi connectivity index (χ0n) is 5.80. The highest BCUT2D eigenvalue weighted by molar-refractivity contribution is 6.05. The molecule has 0 radical (unpaired) electrons. The molecule has 42 valence electrons. The predicted octanol–water partition coefficient (Wildman–Crippen LogP) is 0.453. The van der Waals surface area contributed by atoms with Crippen LogP contribution in [0, 0.1) is 0 Å². The highest BCUT2D eigenvalue weighted by Crippen LogP contribution is 2.07. The average molecular weight is 114 g/mol. The van der Waals surface area contributed by atoms with Gasteiger partial charge < -0.3 is 10.2 Å². The third-order valence-electron chi connectivity index (χ3n) is 0.684. The normalized spacial score (nSPS) is 24.2. The first-order valence-electron chi connectivity index (χ1n) is 2.90. The van der Waals surface area contributed by atoms with E-state index < -0.39 is 29.4 Å². The van der Waals surface area contributed by atoms with Gasteiger partial charge in [0.25, 0.3) is 0 Å². The van der Waals surface area contributed by atoms with Crippen LogP contribution in [-0.4, -0.2) is 16.0 Å². The summed E-state index contributed by atoms with van der Waals surface area (Å²) in [4.78, 5) is 10.5. The van der Waals surface area contributed by atoms with Gasteiger partial charge in [-0.15, -0.1) is 0 Å². The second-order valence-electron chi connectivity index (χ2n) is 1.28. The van der Waals surface area contributed by atoms with Gasteiger partial charge in [-0.1, -0.05) is 0 Å². The highest BCUT2D eigenvalue weighted by Gasteiger charge is 2.12. The number of hydrogen-bond donors (Lipinski definition) is 2. The van der Waals surface area contributed by atoms with Crippen molar-refractivity contribution >= 4 is 5.78 Å². The van der Waals surface area contributed by atoms with Crippen LogP contribution in [0.4, 0.5) is 0 Å². The van der Waals surface area contributed by atoms with Gasteiger partial charge in [0.15, 0.2) is 5.76 Å². The molecule has 0 amide bonds. The van der Waals surface area contributed by atoms with Crippen LogP contribution in [0.1, 0.15) is 2.74 Å². The Balaban J connectivity index is 3.22. The van der Waals surface area contributed by atoms with Crippen LogP contribution < -0.4 is 0 Å². The minimum atomic E-state index is -0.998. The Hall–Kier alpha value is -1.25. The van der Waals surface area contributed by atoms with E-state index in [2.05, 4.69) is 0 Å². The number of aliphatic hydroxyl groups excluding tert-OH is 2. The third kappa shape index (κ3) is 0.578. The van der Waals surface area contributed by atoms with Crippen molar-refractivity contribution in [3.63, 3.8) is 0 Å². The molecule has 1 aliphatic carbocycles. The molecule has 1 rings (SSSR count). The largest absolute Gasteiger partial charge is 0.508 e. The first kappa shape index (κ1) is 2.91. The van der Waals surface area contributed by atoms with Crippen LogP contribution >= 0.6 is 0 Å². The molecule has 0 aromatic heterocycles. The Bertz CT molecular complexity index is 238. The molecule has 0 aromatic carbocycles. The van der Waals surface area contributed by atoms with Crippen molar-refractivity contribution in [1.29, 1.82) is 0 Å². The minimum absolute atomic E-state index is 0.671. The molecule has 0 spiro atoms. The van der Waals surface area contributed by atoms with E-state index in [1.807, 2.05) is 0 Å². The van der Waals surface area contributed by atoms with Crippen LogP contribution in [0.15, 0.2) is 23.6 Å². The van der Waals surface area contributed by atoms with Gasteiger partial charge in [-0.05, 0) is 0 Å². The van der Waals surface area contributed by atoms with E-state index in [1.54, 1.807) is 0 Å². The zero-order valence-corrected chi connectivity index (χ0v) is 3.80. The number of aliphatic hydroxyl groups is 2. The van der Waals surface area contributed by atoms with Crippen molar-refractivity contribution < 1.29 is 17.7 Å². The van der Waals surface area contributed by atoms with Gasteiger partial charge >= 0.3 is 0 Å². The smallest absolute Gasteiger partial charge is 0.223 e. The van der Waals surface area contributed by atoms with Gasteiger partial charge in [0.1, 0.15) is 5.76 Å². The van der Waals surface area contributed by atoms with E-state index in [0.717, 1.165) is 0 Å². The van der Waals surface area contributed by atoms with Crippen molar-refractivity contribution in [3.05, 3.63) is 23.6 Å². The molecule has 0 saturated carbocycles. The maximum atomic E-state index is 10.5. The van der Waals surface area contributed by atoms with Crippen LogP contribution in [0.2, 0.25) is 0 Å². The van der Waals surface area contributed by atoms with Crippen molar-refractivity contribution in [2.24, 2.45) is 0 Å². The summed E-state index contributed by atoms with van der Waals surface area (Å²) in [5.41, 5.74) is 0. The monoisotopic (exact) mass is 114 g/mol. The average Bonchev–Trinajstić information content (AvgIpc) is 2.07. The summed E-state index contributed by atoms with van der Waals surface area (Å²) in [5.74, 6) is -2.62. The van der Waals surface area contributed by atoms with E-state index in [0.29, 0.717) is 0 Å². The summed E-state index contributed by atoms with van der Waals surface area (Å²) in [6.45, 7) is 0. The number of carbonyl (C=O) groups excluding carboxylic acids is 1. The lowest BCUT2D eigenvalue weighted by atomic mass is 10.4. The Kier molecular flexibility index (Phi) is 0.497. The lowest BCUT2D eigenvalue weighted by Gasteiger charge is -1.79. The van der Waals surface area contributed by atoms with Crippen molar-refractivity contribution in [3.8, 4) is 0 Å². The number of carbonyl (C=O) groups is 1. The number of rotatable bonds is 0. The van der Waals surface area contributed by atoms with Gasteiger partial charge in [-0.3, -0.25) is 4.79 Å². The SMILES string of the molecule is [2H]C1=C(O)C(=O)C([2H])=C1O. The minimum Gasteiger partial charge on any atom is -0.508 e.